The Morgan fingerprint density at radius 3 is 0.910 bits per heavy atom. The Morgan fingerprint density at radius 2 is 0.537 bits per heavy atom. The third kappa shape index (κ3) is 13.8. The van der Waals surface area contributed by atoms with Crippen molar-refractivity contribution in [3.8, 4) is 0 Å². The highest BCUT2D eigenvalue weighted by molar-refractivity contribution is 6.14. The summed E-state index contributed by atoms with van der Waals surface area (Å²) in [5, 5.41) is 10.6. The first-order valence-electron chi connectivity index (χ1n) is 45.7. The van der Waals surface area contributed by atoms with Gasteiger partial charge in [0.25, 0.3) is 0 Å². The van der Waals surface area contributed by atoms with Gasteiger partial charge in [-0.05, 0) is 232 Å². The van der Waals surface area contributed by atoms with Crippen molar-refractivity contribution in [3.63, 3.8) is 0 Å². The number of nitrogens with zero attached hydrogens (tertiary/aromatic N) is 19. The molecule has 134 heavy (non-hydrogen) atoms. The normalized spacial score (nSPS) is 16.8. The zero-order valence-electron chi connectivity index (χ0n) is 77.4. The van der Waals surface area contributed by atoms with Crippen molar-refractivity contribution in [2.24, 2.45) is 0 Å². The van der Waals surface area contributed by atoms with Gasteiger partial charge in [-0.15, -0.1) is 0 Å². The van der Waals surface area contributed by atoms with E-state index in [4.69, 9.17) is 38.4 Å². The zero-order chi connectivity index (χ0) is 92.3. The summed E-state index contributed by atoms with van der Waals surface area (Å²) in [5.74, 6) is 3.53. The fraction of sp³-hybridized carbons (Fsp3) is 0.173. The predicted octanol–water partition coefficient (Wildman–Crippen LogP) is 26.9. The molecule has 0 N–H and O–H groups in total. The molecule has 5 unspecified atom stereocenters. The number of hydrogen-bond acceptors (Lipinski definition) is 24. The molecule has 5 aliphatic rings. The quantitative estimate of drug-likeness (QED) is 0.131. The number of furan rings is 5. The molecule has 0 bridgehead atoms. The maximum Gasteiger partial charge on any atom is 0.227 e. The summed E-state index contributed by atoms with van der Waals surface area (Å²) >= 11 is 0. The van der Waals surface area contributed by atoms with Crippen LogP contribution in [0.3, 0.4) is 0 Å². The number of fused-ring (bicyclic) bond motifs is 18. The Morgan fingerprint density at radius 1 is 0.254 bits per heavy atom. The second kappa shape index (κ2) is 33.7. The first-order chi connectivity index (χ1) is 65.8. The van der Waals surface area contributed by atoms with Crippen LogP contribution in [0.5, 0.6) is 0 Å². The number of aryl methyl sites for hydroxylation is 5. The van der Waals surface area contributed by atoms with Crippen molar-refractivity contribution in [2.45, 2.75) is 120 Å². The molecule has 18 heterocycles. The molecule has 24 nitrogen and oxygen atoms in total. The third-order valence-corrected chi connectivity index (χ3v) is 26.3. The highest BCUT2D eigenvalue weighted by atomic mass is 16.4. The lowest BCUT2D eigenvalue weighted by molar-refractivity contribution is 0.263. The minimum atomic E-state index is -0.679. The molecule has 5 aliphatic heterocycles. The maximum absolute atomic E-state index is 8.33. The van der Waals surface area contributed by atoms with Gasteiger partial charge in [0.1, 0.15) is 30.8 Å². The molecule has 662 valence electrons. The summed E-state index contributed by atoms with van der Waals surface area (Å²) in [5.41, 5.74) is 24.1. The lowest BCUT2D eigenvalue weighted by Gasteiger charge is -2.33. The van der Waals surface area contributed by atoms with Gasteiger partial charge in [-0.3, -0.25) is 9.80 Å². The number of pyridine rings is 7. The van der Waals surface area contributed by atoms with Crippen LogP contribution in [0.15, 0.2) is 339 Å². The second-order valence-corrected chi connectivity index (χ2v) is 34.5. The minimum absolute atomic E-state index is 0.0303. The van der Waals surface area contributed by atoms with Crippen LogP contribution >= 0.6 is 0 Å². The van der Waals surface area contributed by atoms with Crippen molar-refractivity contribution in [2.75, 3.05) is 46.2 Å². The number of rotatable bonds is 9. The smallest absolute Gasteiger partial charge is 0.227 e. The molecule has 26 rings (SSSR count). The molecule has 21 aromatic rings. The molecule has 0 fully saturated rings. The largest absolute Gasteiger partial charge is 0.435 e. The van der Waals surface area contributed by atoms with E-state index in [1.165, 1.54) is 5.56 Å². The van der Waals surface area contributed by atoms with Gasteiger partial charge < -0.3 is 61.3 Å². The van der Waals surface area contributed by atoms with Crippen molar-refractivity contribution < 1.29 is 23.5 Å². The van der Waals surface area contributed by atoms with Crippen molar-refractivity contribution in [1.82, 2.24) is 54.7 Å². The fourth-order valence-corrected chi connectivity index (χ4v) is 19.9. The van der Waals surface area contributed by atoms with E-state index in [1.807, 2.05) is 128 Å². The first-order valence-corrected chi connectivity index (χ1v) is 45.2. The predicted molar refractivity (Wildman–Crippen MR) is 539 cm³/mol. The first kappa shape index (κ1) is 81.8. The molecule has 24 heteroatoms. The average molecular weight is 1770 g/mol. The molecule has 8 aromatic carbocycles. The second-order valence-electron chi connectivity index (χ2n) is 34.5. The minimum Gasteiger partial charge on any atom is -0.435 e. The van der Waals surface area contributed by atoms with Crippen molar-refractivity contribution in [3.05, 3.63) is 345 Å². The van der Waals surface area contributed by atoms with Crippen LogP contribution in [-0.2, 0) is 0 Å². The number of hydrogen-bond donors (Lipinski definition) is 0. The van der Waals surface area contributed by atoms with Crippen LogP contribution in [0.2, 0.25) is 0 Å². The third-order valence-electron chi connectivity index (χ3n) is 26.3. The number of anilines is 14. The summed E-state index contributed by atoms with van der Waals surface area (Å²) in [6, 6.07) is 79.9. The lowest BCUT2D eigenvalue weighted by atomic mass is 10.1. The van der Waals surface area contributed by atoms with E-state index in [1.54, 1.807) is 43.4 Å². The van der Waals surface area contributed by atoms with Crippen molar-refractivity contribution in [1.29, 1.82) is 0 Å². The molecule has 5 atom stereocenters. The molecular weight excluding hydrogens is 1670 g/mol. The van der Waals surface area contributed by atoms with Crippen LogP contribution in [0, 0.1) is 34.6 Å². The summed E-state index contributed by atoms with van der Waals surface area (Å²) in [6.07, 6.45) is 24.5. The van der Waals surface area contributed by atoms with Gasteiger partial charge in [0.15, 0.2) is 51.2 Å². The Bertz CT molecular complexity index is 7680. The Balaban J connectivity index is 0.0000000986. The zero-order valence-corrected chi connectivity index (χ0v) is 76.4. The van der Waals surface area contributed by atoms with Gasteiger partial charge in [0, 0.05) is 165 Å². The number of aromatic nitrogens is 9. The van der Waals surface area contributed by atoms with Crippen LogP contribution in [0.4, 0.5) is 80.1 Å². The lowest BCUT2D eigenvalue weighted by Crippen LogP contribution is -2.39. The van der Waals surface area contributed by atoms with E-state index < -0.39 is 6.02 Å². The van der Waals surface area contributed by atoms with Gasteiger partial charge >= 0.3 is 0 Å². The van der Waals surface area contributed by atoms with Gasteiger partial charge in [0.2, 0.25) is 28.6 Å². The van der Waals surface area contributed by atoms with E-state index in [-0.39, 0.29) is 30.8 Å². The van der Waals surface area contributed by atoms with Crippen LogP contribution in [0.1, 0.15) is 77.7 Å². The molecule has 13 aromatic heterocycles. The molecule has 0 spiro atoms. The summed E-state index contributed by atoms with van der Waals surface area (Å²) in [4.78, 5) is 63.1. The van der Waals surface area contributed by atoms with Crippen molar-refractivity contribution >= 4 is 190 Å². The molecule has 0 aliphatic carbocycles. The van der Waals surface area contributed by atoms with Crippen LogP contribution in [0.25, 0.3) is 110 Å². The molecule has 0 amide bonds. The maximum atomic E-state index is 8.33. The van der Waals surface area contributed by atoms with Gasteiger partial charge in [-0.2, -0.15) is 0 Å². The van der Waals surface area contributed by atoms with E-state index in [0.717, 1.165) is 184 Å². The summed E-state index contributed by atoms with van der Waals surface area (Å²) < 4.78 is 39.3. The highest BCUT2D eigenvalue weighted by Crippen LogP contribution is 2.55. The van der Waals surface area contributed by atoms with Gasteiger partial charge in [-0.1, -0.05) is 115 Å². The summed E-state index contributed by atoms with van der Waals surface area (Å²) in [6.45, 7) is 25.2. The molecule has 0 radical (unpaired) electrons. The average Bonchev–Trinajstić information content (AvgIpc) is 1.61. The monoisotopic (exact) mass is 1760 g/mol. The van der Waals surface area contributed by atoms with Crippen LogP contribution < -0.4 is 39.2 Å². The standard InChI is InChI=1S/2C25H20N4O.C24H19N5O.C19H21N3O.C17H17N3O/c1-16-12-13-19-20-10-6-15-27-25(20)30-23(19)22(16)29-17(2)28(18-8-4-3-5-9-18)24-21(29)11-7-14-26-24;1-16-12-13-19-20-10-6-15-27-25(20)30-23(19)22(16)29-17(2)28(18-8-4-3-5-9-18)21-11-7-14-26-24(21)29;1-15-10-11-18-19-9-6-12-27-24(19)30-21(18)20(15)29-16(2)28(17-7-4-3-5-8-17)22-23(29)26-14-13-25-22;1-12(2)21-10-11-22(14(21)4)17-13(3)7-8-15-16-6-5-9-20-19(16)23-18(15)17;1-11-6-7-13-14-5-4-8-18-17(14)21-16(13)15(11)20-10-9-19(3)12(20)2/h2*3-15,17H,1-2H3;3-14,16H,1-2H3;5-12,14H,1-4H3;4-10,12H,1-3H3/i;;;12D;. The number of benzene rings is 8. The Hall–Kier alpha value is -16.6. The highest BCUT2D eigenvalue weighted by Gasteiger charge is 2.43. The van der Waals surface area contributed by atoms with Gasteiger partial charge in [-0.25, -0.2) is 44.9 Å². The van der Waals surface area contributed by atoms with E-state index in [2.05, 4.69) is 314 Å². The Kier molecular flexibility index (Phi) is 20.6. The topological polar surface area (TPSA) is 214 Å². The molecule has 0 saturated heterocycles. The van der Waals surface area contributed by atoms with Crippen LogP contribution in [-0.4, -0.2) is 98.6 Å². The van der Waals surface area contributed by atoms with E-state index >= 15 is 0 Å². The van der Waals surface area contributed by atoms with Gasteiger partial charge in [0.05, 0.1) is 41.2 Å². The van der Waals surface area contributed by atoms with E-state index in [0.29, 0.717) is 28.6 Å². The van der Waals surface area contributed by atoms with E-state index in [9.17, 15) is 0 Å². The number of para-hydroxylation sites is 3. The molecule has 0 saturated carbocycles. The fourth-order valence-electron chi connectivity index (χ4n) is 19.9. The Labute approximate surface area is 775 Å². The molecular formula is C110H97N19O5. The SMILES string of the molecule is Cc1ccc2c(oc3ncccc32)c1N1C=CN(C)C1C.Cc1ccc2c(oc3ncccc32)c1N1c2cccnc2N(c2ccccc2)C1C.Cc1ccc2c(oc3ncccc32)c1N1c2ncccc2N(c2ccccc2)C1C.Cc1ccc2c(oc3ncccc32)c1N1c2nccnc2N(c2ccccc2)C1C.[2H]C(C)(C)N1C=CN(c2c(C)ccc3c2oc2ncccc23)C1C. The summed E-state index contributed by atoms with van der Waals surface area (Å²) in [7, 11) is 2.08.